The predicted molar refractivity (Wildman–Crippen MR) is 134 cm³/mol. The van der Waals surface area contributed by atoms with Gasteiger partial charge in [0.2, 0.25) is 5.96 Å². The number of hydrogen-bond donors (Lipinski definition) is 2. The van der Waals surface area contributed by atoms with Gasteiger partial charge in [-0.25, -0.2) is 4.99 Å². The second-order valence-electron chi connectivity index (χ2n) is 7.70. The van der Waals surface area contributed by atoms with Crippen molar-refractivity contribution in [1.82, 2.24) is 15.1 Å². The summed E-state index contributed by atoms with van der Waals surface area (Å²) in [7, 11) is 3.89. The first-order valence-corrected chi connectivity index (χ1v) is 11.3. The zero-order chi connectivity index (χ0) is 23.1. The minimum atomic E-state index is -0.226. The fourth-order valence-electron chi connectivity index (χ4n) is 3.11. The van der Waals surface area contributed by atoms with Gasteiger partial charge in [-0.1, -0.05) is 28.9 Å². The number of hydrogen-bond acceptors (Lipinski definition) is 4. The molecule has 0 aliphatic carbocycles. The van der Waals surface area contributed by atoms with Crippen LogP contribution in [-0.4, -0.2) is 35.7 Å². The Morgan fingerprint density at radius 2 is 1.94 bits per heavy atom. The highest BCUT2D eigenvalue weighted by Crippen LogP contribution is 2.16. The van der Waals surface area contributed by atoms with Gasteiger partial charge in [-0.3, -0.25) is 14.8 Å². The normalized spacial score (nSPS) is 11.3. The second-order valence-corrected chi connectivity index (χ2v) is 8.61. The predicted octanol–water partition coefficient (Wildman–Crippen LogP) is 4.83. The van der Waals surface area contributed by atoms with Gasteiger partial charge in [-0.15, -0.1) is 0 Å². The third-order valence-electron chi connectivity index (χ3n) is 4.87. The fourth-order valence-corrected chi connectivity index (χ4v) is 3.37. The minimum absolute atomic E-state index is 0.226. The second kappa shape index (κ2) is 10.9. The van der Waals surface area contributed by atoms with Crippen LogP contribution in [-0.2, 0) is 13.1 Å². The highest BCUT2D eigenvalue weighted by molar-refractivity contribution is 9.10. The molecule has 0 aliphatic heterocycles. The van der Waals surface area contributed by atoms with Gasteiger partial charge in [-0.05, 0) is 55.8 Å². The van der Waals surface area contributed by atoms with Crippen molar-refractivity contribution in [3.8, 4) is 0 Å². The Labute approximate surface area is 197 Å². The average Bonchev–Trinajstić information content (AvgIpc) is 3.13. The number of halogens is 1. The van der Waals surface area contributed by atoms with Crippen LogP contribution >= 0.6 is 15.9 Å². The van der Waals surface area contributed by atoms with E-state index in [4.69, 9.17) is 0 Å². The summed E-state index contributed by atoms with van der Waals surface area (Å²) >= 11 is 3.44. The molecule has 0 atom stereocenters. The monoisotopic (exact) mass is 496 g/mol. The molecular formula is C24H29BrN6O. The van der Waals surface area contributed by atoms with Gasteiger partial charge in [0, 0.05) is 53.8 Å². The van der Waals surface area contributed by atoms with Crippen molar-refractivity contribution < 1.29 is 4.79 Å². The van der Waals surface area contributed by atoms with Crippen LogP contribution in [0.25, 0.3) is 0 Å². The van der Waals surface area contributed by atoms with E-state index in [1.165, 1.54) is 0 Å². The molecule has 0 saturated heterocycles. The first-order valence-electron chi connectivity index (χ1n) is 10.5. The lowest BCUT2D eigenvalue weighted by Crippen LogP contribution is -2.36. The zero-order valence-corrected chi connectivity index (χ0v) is 20.5. The molecule has 0 saturated carbocycles. The van der Waals surface area contributed by atoms with Crippen molar-refractivity contribution in [2.24, 2.45) is 4.99 Å². The highest BCUT2D eigenvalue weighted by atomic mass is 79.9. The molecule has 3 aromatic rings. The molecule has 1 heterocycles. The Hall–Kier alpha value is -3.13. The van der Waals surface area contributed by atoms with E-state index >= 15 is 0 Å². The molecule has 0 spiro atoms. The van der Waals surface area contributed by atoms with Crippen molar-refractivity contribution in [2.75, 3.05) is 24.3 Å². The number of nitrogens with one attached hydrogen (secondary N) is 2. The summed E-state index contributed by atoms with van der Waals surface area (Å²) in [5, 5.41) is 10.7. The molecule has 2 N–H and O–H groups in total. The van der Waals surface area contributed by atoms with E-state index in [9.17, 15) is 4.79 Å². The Kier molecular flexibility index (Phi) is 8.05. The number of benzene rings is 2. The van der Waals surface area contributed by atoms with Crippen LogP contribution in [0.4, 0.5) is 11.4 Å². The number of aromatic nitrogens is 2. The van der Waals surface area contributed by atoms with Crippen molar-refractivity contribution in [2.45, 2.75) is 33.4 Å². The van der Waals surface area contributed by atoms with E-state index in [1.54, 1.807) is 6.07 Å². The molecular weight excluding hydrogens is 468 g/mol. The third kappa shape index (κ3) is 6.43. The van der Waals surface area contributed by atoms with Gasteiger partial charge >= 0.3 is 0 Å². The Morgan fingerprint density at radius 1 is 1.19 bits per heavy atom. The summed E-state index contributed by atoms with van der Waals surface area (Å²) in [6.45, 7) is 5.38. The molecule has 3 rings (SSSR count). The summed E-state index contributed by atoms with van der Waals surface area (Å²) < 4.78 is 2.91. The van der Waals surface area contributed by atoms with Gasteiger partial charge in [-0.2, -0.15) is 5.10 Å². The summed E-state index contributed by atoms with van der Waals surface area (Å²) in [6.07, 6.45) is 3.03. The molecule has 168 valence electrons. The average molecular weight is 497 g/mol. The maximum Gasteiger partial charge on any atom is 0.258 e. The molecule has 7 nitrogen and oxygen atoms in total. The summed E-state index contributed by atoms with van der Waals surface area (Å²) in [5.74, 6) is 0.158. The van der Waals surface area contributed by atoms with E-state index in [-0.39, 0.29) is 5.91 Å². The molecule has 32 heavy (non-hydrogen) atoms. The van der Waals surface area contributed by atoms with E-state index < -0.39 is 0 Å². The van der Waals surface area contributed by atoms with Crippen LogP contribution in [0.3, 0.4) is 0 Å². The van der Waals surface area contributed by atoms with Gasteiger partial charge in [0.15, 0.2) is 0 Å². The van der Waals surface area contributed by atoms with Crippen LogP contribution in [0.1, 0.15) is 35.0 Å². The van der Waals surface area contributed by atoms with Gasteiger partial charge in [0.25, 0.3) is 5.91 Å². The lowest BCUT2D eigenvalue weighted by molar-refractivity contribution is 0.0977. The molecule has 0 bridgehead atoms. The lowest BCUT2D eigenvalue weighted by atomic mass is 10.2. The van der Waals surface area contributed by atoms with Crippen LogP contribution < -0.4 is 15.5 Å². The van der Waals surface area contributed by atoms with Gasteiger partial charge < -0.3 is 10.2 Å². The summed E-state index contributed by atoms with van der Waals surface area (Å²) in [6, 6.07) is 15.2. The van der Waals surface area contributed by atoms with E-state index in [0.717, 1.165) is 40.1 Å². The van der Waals surface area contributed by atoms with Crippen LogP contribution in [0.2, 0.25) is 0 Å². The van der Waals surface area contributed by atoms with Crippen LogP contribution in [0, 0.1) is 6.92 Å². The maximum atomic E-state index is 13.0. The third-order valence-corrected chi connectivity index (χ3v) is 5.40. The largest absolute Gasteiger partial charge is 0.378 e. The smallest absolute Gasteiger partial charge is 0.258 e. The number of amides is 1. The molecule has 0 radical (unpaired) electrons. The molecule has 0 unspecified atom stereocenters. The Balaban J connectivity index is 1.83. The van der Waals surface area contributed by atoms with E-state index in [2.05, 4.69) is 43.6 Å². The van der Waals surface area contributed by atoms with Crippen molar-refractivity contribution in [3.05, 3.63) is 76.0 Å². The van der Waals surface area contributed by atoms with Crippen LogP contribution in [0.5, 0.6) is 0 Å². The fraction of sp³-hybridized carbons (Fsp3) is 0.292. The minimum Gasteiger partial charge on any atom is -0.378 e. The summed E-state index contributed by atoms with van der Waals surface area (Å²) in [5.41, 5.74) is 4.31. The zero-order valence-electron chi connectivity index (χ0n) is 18.9. The first kappa shape index (κ1) is 23.5. The van der Waals surface area contributed by atoms with Crippen molar-refractivity contribution >= 4 is 39.2 Å². The Morgan fingerprint density at radius 3 is 2.62 bits per heavy atom. The topological polar surface area (TPSA) is 74.6 Å². The number of aliphatic imine (C=N–C) groups is 1. The molecule has 0 fully saturated rings. The molecule has 0 aliphatic rings. The number of anilines is 2. The molecule has 2 aromatic carbocycles. The van der Waals surface area contributed by atoms with Crippen molar-refractivity contribution in [1.29, 1.82) is 0 Å². The molecule has 1 amide bonds. The number of nitrogens with zero attached hydrogens (tertiary/aromatic N) is 4. The highest BCUT2D eigenvalue weighted by Gasteiger charge is 2.12. The first-order chi connectivity index (χ1) is 15.4. The number of rotatable bonds is 7. The van der Waals surface area contributed by atoms with E-state index in [1.807, 2.05) is 79.3 Å². The number of aryl methyl sites for hydroxylation is 2. The number of guanidine groups is 1. The lowest BCUT2D eigenvalue weighted by Gasteiger charge is -2.15. The molecule has 1 aromatic heterocycles. The quantitative estimate of drug-likeness (QED) is 0.362. The van der Waals surface area contributed by atoms with Gasteiger partial charge in [0.05, 0.1) is 12.2 Å². The van der Waals surface area contributed by atoms with E-state index in [0.29, 0.717) is 18.1 Å². The van der Waals surface area contributed by atoms with Gasteiger partial charge in [0.1, 0.15) is 0 Å². The maximum absolute atomic E-state index is 13.0. The molecule has 8 heteroatoms. The number of carbonyl (C=O) groups is 1. The Bertz CT molecular complexity index is 1090. The standard InChI is InChI=1S/C24H29BrN6O/c1-5-13-31-16-19(17(2)29-31)15-26-24(27-21-11-9-20(25)10-12-21)28-23(32)18-7-6-8-22(14-18)30(3)4/h6-12,14,16H,5,13,15H2,1-4H3,(H2,26,27,28,32). The van der Waals surface area contributed by atoms with Crippen molar-refractivity contribution in [3.63, 3.8) is 0 Å². The summed E-state index contributed by atoms with van der Waals surface area (Å²) in [4.78, 5) is 19.6. The SMILES string of the molecule is CCCn1cc(CN=C(NC(=O)c2cccc(N(C)C)c2)Nc2ccc(Br)cc2)c(C)n1. The van der Waals surface area contributed by atoms with Crippen LogP contribution in [0.15, 0.2) is 64.2 Å². The number of carbonyl (C=O) groups excluding carboxylic acids is 1.